The fraction of sp³-hybridized carbons (Fsp3) is 0.600. The lowest BCUT2D eigenvalue weighted by atomic mass is 9.93. The Morgan fingerprint density at radius 2 is 2.26 bits per heavy atom. The third-order valence-corrected chi connectivity index (χ3v) is 4.28. The number of benzene rings is 1. The first-order chi connectivity index (χ1) is 9.13. The molecule has 1 saturated heterocycles. The van der Waals surface area contributed by atoms with Crippen LogP contribution in [0.25, 0.3) is 0 Å². The van der Waals surface area contributed by atoms with E-state index in [1.165, 1.54) is 25.3 Å². The van der Waals surface area contributed by atoms with Crippen molar-refractivity contribution in [2.75, 3.05) is 19.6 Å². The van der Waals surface area contributed by atoms with Crippen molar-refractivity contribution in [3.8, 4) is 0 Å². The van der Waals surface area contributed by atoms with Gasteiger partial charge in [0, 0.05) is 24.2 Å². The fourth-order valence-corrected chi connectivity index (χ4v) is 3.21. The molecule has 0 spiro atoms. The van der Waals surface area contributed by atoms with Crippen molar-refractivity contribution < 1.29 is 4.39 Å². The largest absolute Gasteiger partial charge is 0.329 e. The van der Waals surface area contributed by atoms with Crippen LogP contribution in [0.4, 0.5) is 4.39 Å². The lowest BCUT2D eigenvalue weighted by Crippen LogP contribution is -2.41. The van der Waals surface area contributed by atoms with Crippen molar-refractivity contribution in [1.29, 1.82) is 0 Å². The second-order valence-corrected chi connectivity index (χ2v) is 5.80. The Morgan fingerprint density at radius 1 is 1.47 bits per heavy atom. The van der Waals surface area contributed by atoms with E-state index in [-0.39, 0.29) is 11.9 Å². The van der Waals surface area contributed by atoms with Gasteiger partial charge in [-0.3, -0.25) is 4.90 Å². The lowest BCUT2D eigenvalue weighted by molar-refractivity contribution is 0.124. The molecule has 106 valence electrons. The topological polar surface area (TPSA) is 29.3 Å². The molecule has 2 rings (SSSR count). The molecule has 1 aromatic rings. The minimum absolute atomic E-state index is 0.0718. The maximum atomic E-state index is 13.5. The number of piperidine rings is 1. The number of likely N-dealkylation sites (tertiary alicyclic amines) is 1. The molecule has 1 fully saturated rings. The highest BCUT2D eigenvalue weighted by Crippen LogP contribution is 2.29. The standard InChI is InChI=1S/C15H22ClFN2/c1-2-11-4-3-5-19(10-11)15(9-18)12-6-13(16)8-14(17)7-12/h6-8,11,15H,2-5,9-10,18H2,1H3. The van der Waals surface area contributed by atoms with Gasteiger partial charge in [-0.15, -0.1) is 0 Å². The van der Waals surface area contributed by atoms with Gasteiger partial charge < -0.3 is 5.73 Å². The number of hydrogen-bond acceptors (Lipinski definition) is 2. The number of nitrogens with two attached hydrogens (primary N) is 1. The minimum Gasteiger partial charge on any atom is -0.329 e. The SMILES string of the molecule is CCC1CCCN(C(CN)c2cc(F)cc(Cl)c2)C1. The second-order valence-electron chi connectivity index (χ2n) is 5.37. The summed E-state index contributed by atoms with van der Waals surface area (Å²) in [5.74, 6) is 0.442. The van der Waals surface area contributed by atoms with Gasteiger partial charge in [-0.25, -0.2) is 4.39 Å². The maximum Gasteiger partial charge on any atom is 0.125 e. The van der Waals surface area contributed by atoms with Gasteiger partial charge in [0.05, 0.1) is 0 Å². The van der Waals surface area contributed by atoms with Crippen LogP contribution in [0.2, 0.25) is 5.02 Å². The Labute approximate surface area is 119 Å². The van der Waals surface area contributed by atoms with Gasteiger partial charge in [-0.2, -0.15) is 0 Å². The molecule has 4 heteroatoms. The van der Waals surface area contributed by atoms with Gasteiger partial charge in [0.2, 0.25) is 0 Å². The summed E-state index contributed by atoms with van der Waals surface area (Å²) < 4.78 is 13.5. The van der Waals surface area contributed by atoms with E-state index in [9.17, 15) is 4.39 Å². The highest BCUT2D eigenvalue weighted by molar-refractivity contribution is 6.30. The number of hydrogen-bond donors (Lipinski definition) is 1. The van der Waals surface area contributed by atoms with E-state index in [2.05, 4.69) is 11.8 Å². The molecule has 0 saturated carbocycles. The Hall–Kier alpha value is -0.640. The molecule has 0 aliphatic carbocycles. The fourth-order valence-electron chi connectivity index (χ4n) is 2.98. The zero-order valence-electron chi connectivity index (χ0n) is 11.4. The Bertz CT molecular complexity index is 404. The molecule has 1 aliphatic heterocycles. The first kappa shape index (κ1) is 14.8. The van der Waals surface area contributed by atoms with E-state index < -0.39 is 0 Å². The molecule has 0 amide bonds. The van der Waals surface area contributed by atoms with Crippen LogP contribution in [0.1, 0.15) is 37.8 Å². The molecule has 2 N–H and O–H groups in total. The van der Waals surface area contributed by atoms with Crippen molar-refractivity contribution >= 4 is 11.6 Å². The summed E-state index contributed by atoms with van der Waals surface area (Å²) in [5, 5.41) is 0.442. The highest BCUT2D eigenvalue weighted by Gasteiger charge is 2.25. The molecular formula is C15H22ClFN2. The molecule has 19 heavy (non-hydrogen) atoms. The van der Waals surface area contributed by atoms with Crippen LogP contribution in [-0.4, -0.2) is 24.5 Å². The first-order valence-corrected chi connectivity index (χ1v) is 7.42. The Kier molecular flexibility index (Phi) is 5.20. The second kappa shape index (κ2) is 6.69. The maximum absolute atomic E-state index is 13.5. The lowest BCUT2D eigenvalue weighted by Gasteiger charge is -2.38. The van der Waals surface area contributed by atoms with E-state index >= 15 is 0 Å². The van der Waals surface area contributed by atoms with Crippen LogP contribution in [0.3, 0.4) is 0 Å². The molecule has 2 nitrogen and oxygen atoms in total. The van der Waals surface area contributed by atoms with Crippen LogP contribution >= 0.6 is 11.6 Å². The minimum atomic E-state index is -0.287. The van der Waals surface area contributed by atoms with Crippen LogP contribution in [0.15, 0.2) is 18.2 Å². The number of nitrogens with zero attached hydrogens (tertiary/aromatic N) is 1. The van der Waals surface area contributed by atoms with Gasteiger partial charge in [0.15, 0.2) is 0 Å². The number of rotatable bonds is 4. The van der Waals surface area contributed by atoms with Gasteiger partial charge >= 0.3 is 0 Å². The van der Waals surface area contributed by atoms with Gasteiger partial charge in [0.25, 0.3) is 0 Å². The third kappa shape index (κ3) is 3.68. The summed E-state index contributed by atoms with van der Waals surface area (Å²) in [5.41, 5.74) is 6.81. The average molecular weight is 285 g/mol. The molecule has 1 aliphatic rings. The van der Waals surface area contributed by atoms with E-state index in [1.54, 1.807) is 6.07 Å². The normalized spacial score (nSPS) is 22.4. The summed E-state index contributed by atoms with van der Waals surface area (Å²) in [6.45, 7) is 4.81. The summed E-state index contributed by atoms with van der Waals surface area (Å²) in [6.07, 6.45) is 3.67. The molecule has 0 radical (unpaired) electrons. The Morgan fingerprint density at radius 3 is 2.89 bits per heavy atom. The molecule has 2 atom stereocenters. The smallest absolute Gasteiger partial charge is 0.125 e. The van der Waals surface area contributed by atoms with E-state index in [4.69, 9.17) is 17.3 Å². The zero-order valence-corrected chi connectivity index (χ0v) is 12.2. The summed E-state index contributed by atoms with van der Waals surface area (Å²) >= 11 is 5.95. The predicted molar refractivity (Wildman–Crippen MR) is 77.8 cm³/mol. The molecular weight excluding hydrogens is 263 g/mol. The molecule has 1 heterocycles. The quantitative estimate of drug-likeness (QED) is 0.915. The van der Waals surface area contributed by atoms with E-state index in [1.807, 2.05) is 6.07 Å². The van der Waals surface area contributed by atoms with Crippen molar-refractivity contribution in [3.63, 3.8) is 0 Å². The highest BCUT2D eigenvalue weighted by atomic mass is 35.5. The summed E-state index contributed by atoms with van der Waals surface area (Å²) in [6, 6.07) is 4.79. The van der Waals surface area contributed by atoms with Gasteiger partial charge in [0.1, 0.15) is 5.82 Å². The average Bonchev–Trinajstić information content (AvgIpc) is 2.39. The van der Waals surface area contributed by atoms with Crippen molar-refractivity contribution in [1.82, 2.24) is 4.90 Å². The third-order valence-electron chi connectivity index (χ3n) is 4.06. The predicted octanol–water partition coefficient (Wildman–Crippen LogP) is 3.60. The summed E-state index contributed by atoms with van der Waals surface area (Å²) in [7, 11) is 0. The van der Waals surface area contributed by atoms with Crippen LogP contribution in [0.5, 0.6) is 0 Å². The van der Waals surface area contributed by atoms with Crippen LogP contribution < -0.4 is 5.73 Å². The van der Waals surface area contributed by atoms with E-state index in [0.717, 1.165) is 24.6 Å². The Balaban J connectivity index is 2.18. The van der Waals surface area contributed by atoms with E-state index in [0.29, 0.717) is 11.6 Å². The zero-order chi connectivity index (χ0) is 13.8. The summed E-state index contributed by atoms with van der Waals surface area (Å²) in [4.78, 5) is 2.38. The monoisotopic (exact) mass is 284 g/mol. The number of halogens is 2. The van der Waals surface area contributed by atoms with Crippen molar-refractivity contribution in [2.45, 2.75) is 32.2 Å². The van der Waals surface area contributed by atoms with Gasteiger partial charge in [-0.1, -0.05) is 24.9 Å². The van der Waals surface area contributed by atoms with Crippen LogP contribution in [-0.2, 0) is 0 Å². The van der Waals surface area contributed by atoms with Crippen molar-refractivity contribution in [3.05, 3.63) is 34.6 Å². The molecule has 2 unspecified atom stereocenters. The first-order valence-electron chi connectivity index (χ1n) is 7.04. The van der Waals surface area contributed by atoms with Crippen LogP contribution in [0, 0.1) is 11.7 Å². The van der Waals surface area contributed by atoms with Crippen molar-refractivity contribution in [2.24, 2.45) is 11.7 Å². The molecule has 1 aromatic carbocycles. The van der Waals surface area contributed by atoms with Gasteiger partial charge in [-0.05, 0) is 49.1 Å². The molecule has 0 bridgehead atoms. The molecule has 0 aromatic heterocycles.